The van der Waals surface area contributed by atoms with Gasteiger partial charge in [-0.15, -0.1) is 0 Å². The van der Waals surface area contributed by atoms with Crippen LogP contribution in [0.4, 0.5) is 0 Å². The second kappa shape index (κ2) is 5.70. The van der Waals surface area contributed by atoms with Gasteiger partial charge in [0.15, 0.2) is 0 Å². The van der Waals surface area contributed by atoms with Gasteiger partial charge in [0.05, 0.1) is 18.1 Å². The third kappa shape index (κ3) is 2.77. The maximum absolute atomic E-state index is 11.8. The van der Waals surface area contributed by atoms with E-state index in [0.717, 1.165) is 36.8 Å². The van der Waals surface area contributed by atoms with E-state index >= 15 is 0 Å². The van der Waals surface area contributed by atoms with Crippen LogP contribution in [0.1, 0.15) is 52.0 Å². The van der Waals surface area contributed by atoms with Crippen molar-refractivity contribution in [2.24, 2.45) is 16.7 Å². The molecule has 23 heavy (non-hydrogen) atoms. The first-order valence-corrected chi connectivity index (χ1v) is 8.51. The van der Waals surface area contributed by atoms with Crippen LogP contribution in [-0.4, -0.2) is 11.1 Å². The quantitative estimate of drug-likeness (QED) is 0.851. The Hall–Kier alpha value is -1.77. The summed E-state index contributed by atoms with van der Waals surface area (Å²) in [6.07, 6.45) is 12.5. The molecular formula is C20H26O3. The molecule has 1 heterocycles. The Balaban J connectivity index is 1.98. The molecule has 124 valence electrons. The lowest BCUT2D eigenvalue weighted by molar-refractivity contribution is -0.132. The molecule has 1 aromatic rings. The summed E-state index contributed by atoms with van der Waals surface area (Å²) in [4.78, 5) is 11.8. The molecule has 1 fully saturated rings. The van der Waals surface area contributed by atoms with Gasteiger partial charge in [-0.05, 0) is 59.6 Å². The van der Waals surface area contributed by atoms with Crippen molar-refractivity contribution in [3.63, 3.8) is 0 Å². The molecular weight excluding hydrogens is 288 g/mol. The molecule has 1 saturated carbocycles. The molecule has 0 saturated heterocycles. The molecule has 0 radical (unpaired) electrons. The Bertz CT molecular complexity index is 648. The van der Waals surface area contributed by atoms with Crippen molar-refractivity contribution in [1.82, 2.24) is 0 Å². The van der Waals surface area contributed by atoms with E-state index in [1.165, 1.54) is 6.42 Å². The standard InChI is InChI=1S/C20H26O3/c1-19(2)10-4-11-20(3)16(7-5-14-9-12-23-13-14)15(18(21)22)6-8-17(19)20/h6,8-9,12-13,17H,4-5,7,10-11H2,1-3H3,(H,21,22). The molecule has 0 spiro atoms. The zero-order chi connectivity index (χ0) is 16.7. The molecule has 2 aliphatic carbocycles. The summed E-state index contributed by atoms with van der Waals surface area (Å²) in [5, 5.41) is 9.67. The highest BCUT2D eigenvalue weighted by Gasteiger charge is 2.49. The molecule has 3 heteroatoms. The summed E-state index contributed by atoms with van der Waals surface area (Å²) in [6, 6.07) is 1.96. The van der Waals surface area contributed by atoms with Crippen LogP contribution < -0.4 is 0 Å². The Labute approximate surface area is 138 Å². The molecule has 3 nitrogen and oxygen atoms in total. The van der Waals surface area contributed by atoms with E-state index in [1.807, 2.05) is 12.1 Å². The highest BCUT2D eigenvalue weighted by atomic mass is 16.4. The van der Waals surface area contributed by atoms with Gasteiger partial charge in [0.25, 0.3) is 0 Å². The van der Waals surface area contributed by atoms with Crippen LogP contribution >= 0.6 is 0 Å². The largest absolute Gasteiger partial charge is 0.478 e. The summed E-state index contributed by atoms with van der Waals surface area (Å²) < 4.78 is 5.15. The van der Waals surface area contributed by atoms with E-state index in [0.29, 0.717) is 11.5 Å². The van der Waals surface area contributed by atoms with Crippen molar-refractivity contribution >= 4 is 5.97 Å². The van der Waals surface area contributed by atoms with Gasteiger partial charge in [-0.1, -0.05) is 39.3 Å². The molecule has 0 amide bonds. The van der Waals surface area contributed by atoms with Crippen LogP contribution in [-0.2, 0) is 11.2 Å². The second-order valence-electron chi connectivity index (χ2n) is 7.93. The lowest BCUT2D eigenvalue weighted by atomic mass is 9.51. The fourth-order valence-corrected chi connectivity index (χ4v) is 4.82. The fraction of sp³-hybridized carbons (Fsp3) is 0.550. The smallest absolute Gasteiger partial charge is 0.335 e. The minimum Gasteiger partial charge on any atom is -0.478 e. The number of allylic oxidation sites excluding steroid dienone is 2. The van der Waals surface area contributed by atoms with Crippen LogP contribution in [0.5, 0.6) is 0 Å². The Morgan fingerprint density at radius 1 is 1.30 bits per heavy atom. The summed E-state index contributed by atoms with van der Waals surface area (Å²) in [7, 11) is 0. The van der Waals surface area contributed by atoms with Crippen LogP contribution in [0, 0.1) is 16.7 Å². The van der Waals surface area contributed by atoms with Crippen LogP contribution in [0.25, 0.3) is 0 Å². The average Bonchev–Trinajstić information content (AvgIpc) is 2.97. The topological polar surface area (TPSA) is 50.4 Å². The SMILES string of the molecule is CC1(C)CCCC2(C)C(CCc3ccoc3)=C(C(=O)O)C=CC12. The van der Waals surface area contributed by atoms with Gasteiger partial charge in [0, 0.05) is 0 Å². The number of carboxylic acids is 1. The van der Waals surface area contributed by atoms with E-state index < -0.39 is 5.97 Å². The van der Waals surface area contributed by atoms with Gasteiger partial charge < -0.3 is 9.52 Å². The maximum atomic E-state index is 11.8. The number of carboxylic acid groups (broad SMARTS) is 1. The Morgan fingerprint density at radius 3 is 2.74 bits per heavy atom. The number of rotatable bonds is 4. The van der Waals surface area contributed by atoms with Gasteiger partial charge >= 0.3 is 5.97 Å². The summed E-state index contributed by atoms with van der Waals surface area (Å²) in [5.74, 6) is -0.391. The van der Waals surface area contributed by atoms with Crippen molar-refractivity contribution in [1.29, 1.82) is 0 Å². The first-order chi connectivity index (χ1) is 10.8. The maximum Gasteiger partial charge on any atom is 0.335 e. The van der Waals surface area contributed by atoms with Crippen molar-refractivity contribution in [3.8, 4) is 0 Å². The van der Waals surface area contributed by atoms with Gasteiger partial charge in [0.2, 0.25) is 0 Å². The first-order valence-electron chi connectivity index (χ1n) is 8.51. The minimum absolute atomic E-state index is 0.0477. The van der Waals surface area contributed by atoms with E-state index in [1.54, 1.807) is 12.5 Å². The third-order valence-electron chi connectivity index (χ3n) is 5.99. The number of aryl methyl sites for hydroxylation is 1. The zero-order valence-corrected chi connectivity index (χ0v) is 14.3. The highest BCUT2D eigenvalue weighted by molar-refractivity contribution is 5.91. The summed E-state index contributed by atoms with van der Waals surface area (Å²) in [5.41, 5.74) is 2.92. The van der Waals surface area contributed by atoms with E-state index in [9.17, 15) is 9.90 Å². The van der Waals surface area contributed by atoms with E-state index in [2.05, 4.69) is 26.8 Å². The van der Waals surface area contributed by atoms with Crippen LogP contribution in [0.2, 0.25) is 0 Å². The van der Waals surface area contributed by atoms with Crippen molar-refractivity contribution in [2.45, 2.75) is 52.9 Å². The minimum atomic E-state index is -0.800. The van der Waals surface area contributed by atoms with Crippen molar-refractivity contribution < 1.29 is 14.3 Å². The fourth-order valence-electron chi connectivity index (χ4n) is 4.82. The van der Waals surface area contributed by atoms with Gasteiger partial charge in [-0.2, -0.15) is 0 Å². The lowest BCUT2D eigenvalue weighted by Gasteiger charge is -2.53. The van der Waals surface area contributed by atoms with Gasteiger partial charge in [0.1, 0.15) is 0 Å². The van der Waals surface area contributed by atoms with Gasteiger partial charge in [-0.3, -0.25) is 0 Å². The average molecular weight is 314 g/mol. The number of fused-ring (bicyclic) bond motifs is 1. The van der Waals surface area contributed by atoms with E-state index in [4.69, 9.17) is 4.42 Å². The Morgan fingerprint density at radius 2 is 2.09 bits per heavy atom. The van der Waals surface area contributed by atoms with Gasteiger partial charge in [-0.25, -0.2) is 4.79 Å². The molecule has 2 unspecified atom stereocenters. The molecule has 2 atom stereocenters. The molecule has 0 aromatic carbocycles. The molecule has 1 aromatic heterocycles. The molecule has 0 bridgehead atoms. The number of hydrogen-bond donors (Lipinski definition) is 1. The highest BCUT2D eigenvalue weighted by Crippen LogP contribution is 2.58. The predicted octanol–water partition coefficient (Wildman–Crippen LogP) is 5.00. The molecule has 1 N–H and O–H groups in total. The zero-order valence-electron chi connectivity index (χ0n) is 14.3. The molecule has 3 rings (SSSR count). The first kappa shape index (κ1) is 16.1. The van der Waals surface area contributed by atoms with E-state index in [-0.39, 0.29) is 10.8 Å². The number of furan rings is 1. The second-order valence-corrected chi connectivity index (χ2v) is 7.93. The predicted molar refractivity (Wildman–Crippen MR) is 90.1 cm³/mol. The monoisotopic (exact) mass is 314 g/mol. The van der Waals surface area contributed by atoms with Crippen molar-refractivity contribution in [3.05, 3.63) is 47.5 Å². The number of hydrogen-bond acceptors (Lipinski definition) is 2. The lowest BCUT2D eigenvalue weighted by Crippen LogP contribution is -2.44. The number of carbonyl (C=O) groups is 1. The Kier molecular flexibility index (Phi) is 3.99. The molecule has 2 aliphatic rings. The summed E-state index contributed by atoms with van der Waals surface area (Å²) >= 11 is 0. The molecule has 0 aliphatic heterocycles. The van der Waals surface area contributed by atoms with Crippen LogP contribution in [0.3, 0.4) is 0 Å². The third-order valence-corrected chi connectivity index (χ3v) is 5.99. The number of aliphatic carboxylic acids is 1. The van der Waals surface area contributed by atoms with Crippen LogP contribution in [0.15, 0.2) is 46.3 Å². The normalized spacial score (nSPS) is 29.4. The van der Waals surface area contributed by atoms with Crippen molar-refractivity contribution in [2.75, 3.05) is 0 Å². The summed E-state index contributed by atoms with van der Waals surface area (Å²) in [6.45, 7) is 6.91.